The minimum atomic E-state index is 0.392. The Morgan fingerprint density at radius 3 is 2.77 bits per heavy atom. The van der Waals surface area contributed by atoms with Crippen molar-refractivity contribution in [1.82, 2.24) is 0 Å². The number of allylic oxidation sites excluding steroid dienone is 2. The zero-order valence-corrected chi connectivity index (χ0v) is 14.8. The summed E-state index contributed by atoms with van der Waals surface area (Å²) in [4.78, 5) is 10.3. The van der Waals surface area contributed by atoms with E-state index in [1.165, 1.54) is 37.7 Å². The minimum Gasteiger partial charge on any atom is -0.437 e. The molecule has 124 valence electrons. The van der Waals surface area contributed by atoms with Gasteiger partial charge in [0.2, 0.25) is 0 Å². The summed E-state index contributed by atoms with van der Waals surface area (Å²) in [6, 6.07) is 0. The maximum atomic E-state index is 10.3. The van der Waals surface area contributed by atoms with Gasteiger partial charge in [-0.1, -0.05) is 39.3 Å². The molecule has 0 bridgehead atoms. The van der Waals surface area contributed by atoms with E-state index in [0.29, 0.717) is 23.2 Å². The lowest BCUT2D eigenvalue weighted by atomic mass is 9.47. The third-order valence-electron chi connectivity index (χ3n) is 6.47. The highest BCUT2D eigenvalue weighted by Gasteiger charge is 2.52. The van der Waals surface area contributed by atoms with Crippen LogP contribution in [0.1, 0.15) is 72.6 Å². The van der Waals surface area contributed by atoms with Crippen molar-refractivity contribution >= 4 is 6.47 Å². The lowest BCUT2D eigenvalue weighted by molar-refractivity contribution is -0.123. The largest absolute Gasteiger partial charge is 0.437 e. The average Bonchev–Trinajstić information content (AvgIpc) is 2.43. The van der Waals surface area contributed by atoms with Crippen molar-refractivity contribution in [2.24, 2.45) is 22.7 Å². The van der Waals surface area contributed by atoms with E-state index >= 15 is 0 Å². The molecule has 2 aliphatic rings. The second-order valence-electron chi connectivity index (χ2n) is 8.39. The van der Waals surface area contributed by atoms with Crippen molar-refractivity contribution in [1.29, 1.82) is 0 Å². The fourth-order valence-corrected chi connectivity index (χ4v) is 5.38. The van der Waals surface area contributed by atoms with Crippen molar-refractivity contribution < 1.29 is 9.53 Å². The summed E-state index contributed by atoms with van der Waals surface area (Å²) < 4.78 is 4.76. The Labute approximate surface area is 136 Å². The van der Waals surface area contributed by atoms with Crippen LogP contribution >= 0.6 is 0 Å². The summed E-state index contributed by atoms with van der Waals surface area (Å²) in [6.45, 7) is 14.4. The first kappa shape index (κ1) is 17.3. The summed E-state index contributed by atoms with van der Waals surface area (Å²) in [5, 5.41) is 0. The van der Waals surface area contributed by atoms with E-state index in [2.05, 4.69) is 27.4 Å². The average molecular weight is 304 g/mol. The highest BCUT2D eigenvalue weighted by molar-refractivity contribution is 5.38. The lowest BCUT2D eigenvalue weighted by Crippen LogP contribution is -2.49. The first-order chi connectivity index (χ1) is 10.3. The summed E-state index contributed by atoms with van der Waals surface area (Å²) in [5.41, 5.74) is 3.43. The van der Waals surface area contributed by atoms with Gasteiger partial charge in [0.1, 0.15) is 0 Å². The van der Waals surface area contributed by atoms with Crippen molar-refractivity contribution in [2.45, 2.75) is 72.6 Å². The third-order valence-corrected chi connectivity index (χ3v) is 6.47. The maximum Gasteiger partial charge on any atom is 0.297 e. The molecule has 0 N–H and O–H groups in total. The molecule has 0 spiro atoms. The van der Waals surface area contributed by atoms with Crippen LogP contribution in [0.5, 0.6) is 0 Å². The van der Waals surface area contributed by atoms with Gasteiger partial charge in [-0.3, -0.25) is 4.79 Å². The van der Waals surface area contributed by atoms with Crippen LogP contribution in [0.15, 0.2) is 24.0 Å². The minimum absolute atomic E-state index is 0.392. The lowest BCUT2D eigenvalue weighted by Gasteiger charge is -2.58. The molecule has 0 saturated heterocycles. The summed E-state index contributed by atoms with van der Waals surface area (Å²) >= 11 is 0. The number of carbonyl (C=O) groups excluding carboxylic acids is 1. The van der Waals surface area contributed by atoms with E-state index in [9.17, 15) is 4.79 Å². The highest BCUT2D eigenvalue weighted by atomic mass is 16.5. The van der Waals surface area contributed by atoms with Gasteiger partial charge in [0, 0.05) is 0 Å². The number of hydrogen-bond acceptors (Lipinski definition) is 2. The van der Waals surface area contributed by atoms with Crippen molar-refractivity contribution in [3.8, 4) is 0 Å². The van der Waals surface area contributed by atoms with E-state index in [1.54, 1.807) is 6.26 Å². The Morgan fingerprint density at radius 2 is 2.09 bits per heavy atom. The van der Waals surface area contributed by atoms with Crippen LogP contribution in [0, 0.1) is 22.7 Å². The van der Waals surface area contributed by atoms with Gasteiger partial charge in [-0.15, -0.1) is 0 Å². The first-order valence-corrected chi connectivity index (χ1v) is 8.73. The second-order valence-corrected chi connectivity index (χ2v) is 8.39. The van der Waals surface area contributed by atoms with Crippen LogP contribution in [0.3, 0.4) is 0 Å². The number of ether oxygens (including phenoxy) is 1. The maximum absolute atomic E-state index is 10.3. The number of carbonyl (C=O) groups is 1. The van der Waals surface area contributed by atoms with Gasteiger partial charge in [-0.05, 0) is 73.7 Å². The van der Waals surface area contributed by atoms with E-state index in [4.69, 9.17) is 4.74 Å². The van der Waals surface area contributed by atoms with Gasteiger partial charge >= 0.3 is 0 Å². The monoisotopic (exact) mass is 304 g/mol. The van der Waals surface area contributed by atoms with Crippen LogP contribution < -0.4 is 0 Å². The molecule has 2 rings (SSSR count). The summed E-state index contributed by atoms with van der Waals surface area (Å²) in [6.07, 6.45) is 10.2. The molecule has 0 aromatic carbocycles. The van der Waals surface area contributed by atoms with Gasteiger partial charge in [-0.25, -0.2) is 0 Å². The molecule has 2 saturated carbocycles. The molecule has 0 aromatic heterocycles. The number of fused-ring (bicyclic) bond motifs is 1. The van der Waals surface area contributed by atoms with Gasteiger partial charge in [-0.2, -0.15) is 0 Å². The molecule has 0 heterocycles. The molecule has 0 amide bonds. The van der Waals surface area contributed by atoms with Gasteiger partial charge in [0.05, 0.1) is 6.26 Å². The van der Waals surface area contributed by atoms with E-state index in [0.717, 1.165) is 24.3 Å². The molecule has 0 radical (unpaired) electrons. The third kappa shape index (κ3) is 3.31. The molecule has 2 fully saturated rings. The first-order valence-electron chi connectivity index (χ1n) is 8.73. The Kier molecular flexibility index (Phi) is 5.19. The molecule has 0 aromatic rings. The smallest absolute Gasteiger partial charge is 0.297 e. The predicted molar refractivity (Wildman–Crippen MR) is 91.2 cm³/mol. The molecular weight excluding hydrogens is 272 g/mol. The zero-order valence-electron chi connectivity index (χ0n) is 14.8. The molecule has 0 aliphatic heterocycles. The van der Waals surface area contributed by atoms with Crippen LogP contribution in [0.2, 0.25) is 0 Å². The standard InChI is InChI=1S/C20H32O2/c1-15(13-22-14-21)7-9-17-16(2)8-10-18-19(3,4)11-6-12-20(17,18)5/h13-14,17-18H,2,6-12H2,1,3-5H3/b15-13-/t17-,18?,20+/m0/s1. The van der Waals surface area contributed by atoms with E-state index in [1.807, 2.05) is 6.92 Å². The Bertz CT molecular complexity index is 460. The molecule has 2 aliphatic carbocycles. The normalized spacial score (nSPS) is 34.9. The Hall–Kier alpha value is -1.05. The molecule has 2 nitrogen and oxygen atoms in total. The van der Waals surface area contributed by atoms with Gasteiger partial charge in [0.25, 0.3) is 6.47 Å². The molecule has 2 heteroatoms. The number of rotatable bonds is 5. The molecule has 1 unspecified atom stereocenters. The summed E-state index contributed by atoms with van der Waals surface area (Å²) in [5.74, 6) is 1.41. The summed E-state index contributed by atoms with van der Waals surface area (Å²) in [7, 11) is 0. The second kappa shape index (κ2) is 6.60. The predicted octanol–water partition coefficient (Wildman–Crippen LogP) is 5.64. The number of hydrogen-bond donors (Lipinski definition) is 0. The van der Waals surface area contributed by atoms with Gasteiger partial charge in [0.15, 0.2) is 0 Å². The molecular formula is C20H32O2. The van der Waals surface area contributed by atoms with Crippen LogP contribution in [-0.2, 0) is 9.53 Å². The van der Waals surface area contributed by atoms with E-state index in [-0.39, 0.29) is 0 Å². The van der Waals surface area contributed by atoms with Gasteiger partial charge < -0.3 is 4.74 Å². The topological polar surface area (TPSA) is 26.3 Å². The molecule has 3 atom stereocenters. The van der Waals surface area contributed by atoms with Crippen LogP contribution in [0.4, 0.5) is 0 Å². The fourth-order valence-electron chi connectivity index (χ4n) is 5.38. The zero-order chi connectivity index (χ0) is 16.4. The SMILES string of the molecule is C=C1CCC2C(C)(C)CCC[C@]2(C)[C@H]1CC/C(C)=C\OC=O. The van der Waals surface area contributed by atoms with Crippen molar-refractivity contribution in [2.75, 3.05) is 0 Å². The van der Waals surface area contributed by atoms with Crippen LogP contribution in [0.25, 0.3) is 0 Å². The molecule has 22 heavy (non-hydrogen) atoms. The van der Waals surface area contributed by atoms with Crippen molar-refractivity contribution in [3.05, 3.63) is 24.0 Å². The Morgan fingerprint density at radius 1 is 1.36 bits per heavy atom. The van der Waals surface area contributed by atoms with Crippen LogP contribution in [-0.4, -0.2) is 6.47 Å². The Balaban J connectivity index is 2.14. The fraction of sp³-hybridized carbons (Fsp3) is 0.750. The highest BCUT2D eigenvalue weighted by Crippen LogP contribution is 2.61. The van der Waals surface area contributed by atoms with Crippen molar-refractivity contribution in [3.63, 3.8) is 0 Å². The quantitative estimate of drug-likeness (QED) is 0.373. The van der Waals surface area contributed by atoms with E-state index < -0.39 is 0 Å².